The van der Waals surface area contributed by atoms with Crippen molar-refractivity contribution in [3.8, 4) is 0 Å². The van der Waals surface area contributed by atoms with Crippen LogP contribution in [0.2, 0.25) is 0 Å². The van der Waals surface area contributed by atoms with Gasteiger partial charge in [0.2, 0.25) is 0 Å². The van der Waals surface area contributed by atoms with E-state index < -0.39 is 7.52 Å². The summed E-state index contributed by atoms with van der Waals surface area (Å²) in [5, 5.41) is -0.344. The Hall–Kier alpha value is 1.31. The van der Waals surface area contributed by atoms with Gasteiger partial charge in [0, 0.05) is 37.4 Å². The molecule has 0 aliphatic carbocycles. The number of hydrogen-bond acceptors (Lipinski definition) is 2. The molecule has 0 aliphatic rings. The summed E-state index contributed by atoms with van der Waals surface area (Å²) < 4.78 is 19.1. The van der Waals surface area contributed by atoms with Crippen molar-refractivity contribution in [1.82, 2.24) is 4.67 Å². The minimum Gasteiger partial charge on any atom is -0.316 e. The highest BCUT2D eigenvalue weighted by molar-refractivity contribution is 7.55. The molecule has 3 nitrogen and oxygen atoms in total. The minimum absolute atomic E-state index is 0.153. The van der Waals surface area contributed by atoms with Crippen molar-refractivity contribution < 1.29 is 9.09 Å². The van der Waals surface area contributed by atoms with Crippen LogP contribution in [0.5, 0.6) is 0 Å². The third-order valence-corrected chi connectivity index (χ3v) is 5.07. The molecule has 0 N–H and O–H groups in total. The van der Waals surface area contributed by atoms with Crippen molar-refractivity contribution in [2.75, 3.05) is 44.0 Å². The van der Waals surface area contributed by atoms with E-state index in [1.165, 1.54) is 6.66 Å². The highest BCUT2D eigenvalue weighted by atomic mass is 35.5. The Balaban J connectivity index is 4.28. The van der Waals surface area contributed by atoms with Crippen LogP contribution in [0, 0.1) is 0 Å². The van der Waals surface area contributed by atoms with Gasteiger partial charge in [-0.3, -0.25) is 4.57 Å². The van der Waals surface area contributed by atoms with E-state index in [1.807, 2.05) is 0 Å². The van der Waals surface area contributed by atoms with E-state index >= 15 is 0 Å². The molecule has 8 heteroatoms. The normalized spacial score (nSPS) is 17.4. The van der Waals surface area contributed by atoms with E-state index in [1.54, 1.807) is 4.67 Å². The predicted octanol–water partition coefficient (Wildman–Crippen LogP) is 3.45. The first-order chi connectivity index (χ1) is 7.47. The zero-order valence-electron chi connectivity index (χ0n) is 9.04. The Labute approximate surface area is 117 Å². The van der Waals surface area contributed by atoms with Gasteiger partial charge in [0.15, 0.2) is 0 Å². The second kappa shape index (κ2) is 9.27. The van der Waals surface area contributed by atoms with Gasteiger partial charge in [-0.2, -0.15) is 0 Å². The van der Waals surface area contributed by atoms with Gasteiger partial charge in [0.25, 0.3) is 7.52 Å². The molecule has 0 aromatic carbocycles. The van der Waals surface area contributed by atoms with E-state index in [-0.39, 0.29) is 17.9 Å². The van der Waals surface area contributed by atoms with E-state index in [4.69, 9.17) is 50.9 Å². The fraction of sp³-hybridized carbons (Fsp3) is 1.00. The van der Waals surface area contributed by atoms with Crippen LogP contribution in [-0.2, 0) is 9.09 Å². The summed E-state index contributed by atoms with van der Waals surface area (Å²) in [7, 11) is -2.88. The summed E-state index contributed by atoms with van der Waals surface area (Å²) in [6.45, 7) is 2.62. The summed E-state index contributed by atoms with van der Waals surface area (Å²) in [6, 6.07) is 0. The minimum atomic E-state index is -2.88. The van der Waals surface area contributed by atoms with Crippen molar-refractivity contribution in [3.63, 3.8) is 0 Å². The van der Waals surface area contributed by atoms with Crippen molar-refractivity contribution in [2.24, 2.45) is 0 Å². The molecule has 16 heavy (non-hydrogen) atoms. The molecule has 0 aliphatic heterocycles. The number of halogens is 4. The molecule has 0 saturated heterocycles. The first kappa shape index (κ1) is 17.3. The van der Waals surface area contributed by atoms with Crippen molar-refractivity contribution in [2.45, 2.75) is 5.38 Å². The van der Waals surface area contributed by atoms with Gasteiger partial charge in [0.05, 0.1) is 12.0 Å². The lowest BCUT2D eigenvalue weighted by Crippen LogP contribution is -2.26. The molecule has 0 spiro atoms. The third-order valence-electron chi connectivity index (χ3n) is 1.86. The van der Waals surface area contributed by atoms with Gasteiger partial charge in [-0.05, 0) is 0 Å². The number of hydrogen-bond donors (Lipinski definition) is 0. The molecule has 0 bridgehead atoms. The lowest BCUT2D eigenvalue weighted by atomic mass is 10.5. The Morgan fingerprint density at radius 1 is 1.25 bits per heavy atom. The number of alkyl halides is 4. The second-order valence-corrected chi connectivity index (χ2v) is 7.29. The lowest BCUT2D eigenvalue weighted by molar-refractivity contribution is 0.272. The van der Waals surface area contributed by atoms with Crippen LogP contribution >= 0.6 is 53.9 Å². The van der Waals surface area contributed by atoms with Gasteiger partial charge in [-0.25, -0.2) is 4.67 Å². The summed E-state index contributed by atoms with van der Waals surface area (Å²) in [4.78, 5) is 0. The largest absolute Gasteiger partial charge is 0.316 e. The first-order valence-corrected chi connectivity index (χ1v) is 8.83. The van der Waals surface area contributed by atoms with E-state index in [0.717, 1.165) is 0 Å². The molecule has 98 valence electrons. The van der Waals surface area contributed by atoms with Gasteiger partial charge < -0.3 is 4.52 Å². The van der Waals surface area contributed by atoms with Gasteiger partial charge >= 0.3 is 0 Å². The molecular weight excluding hydrogens is 315 g/mol. The Morgan fingerprint density at radius 2 is 1.75 bits per heavy atom. The van der Waals surface area contributed by atoms with Crippen molar-refractivity contribution >= 4 is 53.9 Å². The standard InChI is InChI=1S/C8H16Cl4NO2P/c1-16(14,15-7-8(12)6-11)13(4-2-9)5-3-10/h8H,2-7H2,1H3. The van der Waals surface area contributed by atoms with Crippen LogP contribution in [0.15, 0.2) is 0 Å². The zero-order valence-corrected chi connectivity index (χ0v) is 13.0. The van der Waals surface area contributed by atoms with Gasteiger partial charge in [-0.15, -0.1) is 46.4 Å². The molecular formula is C8H16Cl4NO2P. The van der Waals surface area contributed by atoms with Crippen LogP contribution in [-0.4, -0.2) is 54.0 Å². The average Bonchev–Trinajstić information content (AvgIpc) is 2.25. The summed E-state index contributed by atoms with van der Waals surface area (Å²) >= 11 is 22.5. The zero-order chi connectivity index (χ0) is 12.6. The monoisotopic (exact) mass is 329 g/mol. The van der Waals surface area contributed by atoms with Crippen LogP contribution in [0.25, 0.3) is 0 Å². The van der Waals surface area contributed by atoms with Crippen LogP contribution in [0.3, 0.4) is 0 Å². The maximum absolute atomic E-state index is 12.2. The highest BCUT2D eigenvalue weighted by Crippen LogP contribution is 2.46. The fourth-order valence-electron chi connectivity index (χ4n) is 1.02. The van der Waals surface area contributed by atoms with Gasteiger partial charge in [-0.1, -0.05) is 0 Å². The molecule has 0 aromatic rings. The first-order valence-electron chi connectivity index (χ1n) is 4.77. The summed E-state index contributed by atoms with van der Waals surface area (Å²) in [5.41, 5.74) is 0. The van der Waals surface area contributed by atoms with E-state index in [2.05, 4.69) is 0 Å². The van der Waals surface area contributed by atoms with Crippen molar-refractivity contribution in [1.29, 1.82) is 0 Å². The molecule has 2 unspecified atom stereocenters. The van der Waals surface area contributed by atoms with E-state index in [0.29, 0.717) is 24.8 Å². The second-order valence-electron chi connectivity index (χ2n) is 3.18. The predicted molar refractivity (Wildman–Crippen MR) is 72.9 cm³/mol. The smallest absolute Gasteiger partial charge is 0.269 e. The molecule has 2 atom stereocenters. The Bertz CT molecular complexity index is 226. The number of nitrogens with zero attached hydrogens (tertiary/aromatic N) is 1. The molecule has 0 fully saturated rings. The fourth-order valence-corrected chi connectivity index (χ4v) is 3.45. The quantitative estimate of drug-likeness (QED) is 0.479. The summed E-state index contributed by atoms with van der Waals surface area (Å²) in [5.74, 6) is 1.00. The van der Waals surface area contributed by atoms with Crippen molar-refractivity contribution in [3.05, 3.63) is 0 Å². The van der Waals surface area contributed by atoms with Crippen LogP contribution in [0.4, 0.5) is 0 Å². The molecule has 0 aromatic heterocycles. The topological polar surface area (TPSA) is 29.5 Å². The maximum atomic E-state index is 12.2. The highest BCUT2D eigenvalue weighted by Gasteiger charge is 2.26. The molecule has 0 saturated carbocycles. The molecule has 0 heterocycles. The Kier molecular flexibility index (Phi) is 10.0. The van der Waals surface area contributed by atoms with Gasteiger partial charge in [0.1, 0.15) is 0 Å². The third kappa shape index (κ3) is 6.90. The average molecular weight is 331 g/mol. The van der Waals surface area contributed by atoms with E-state index in [9.17, 15) is 4.57 Å². The molecule has 0 amide bonds. The molecule has 0 rings (SSSR count). The summed E-state index contributed by atoms with van der Waals surface area (Å²) in [6.07, 6.45) is 0. The SMILES string of the molecule is CP(=O)(OCC(Cl)CCl)N(CCCl)CCCl. The van der Waals surface area contributed by atoms with Crippen LogP contribution in [0.1, 0.15) is 0 Å². The lowest BCUT2D eigenvalue weighted by Gasteiger charge is -2.27. The molecule has 0 radical (unpaired) electrons. The Morgan fingerprint density at radius 3 is 2.12 bits per heavy atom. The maximum Gasteiger partial charge on any atom is 0.269 e. The van der Waals surface area contributed by atoms with Crippen LogP contribution < -0.4 is 0 Å². The number of rotatable bonds is 9.